The number of benzene rings is 3. The maximum Gasteiger partial charge on any atom is 0.327 e. The molecule has 1 amide bonds. The molecule has 1 heterocycles. The third-order valence-electron chi connectivity index (χ3n) is 4.74. The fraction of sp³-hybridized carbons (Fsp3) is 0.143. The number of rotatable bonds is 5. The highest BCUT2D eigenvalue weighted by molar-refractivity contribution is 7.93. The van der Waals surface area contributed by atoms with E-state index >= 15 is 0 Å². The number of ether oxygens (including phenoxy) is 1. The topological polar surface area (TPSA) is 92.8 Å². The maximum absolute atomic E-state index is 12.9. The quantitative estimate of drug-likeness (QED) is 0.653. The second-order valence-corrected chi connectivity index (χ2v) is 8.50. The van der Waals surface area contributed by atoms with Crippen molar-refractivity contribution >= 4 is 44.0 Å². The largest absolute Gasteiger partial charge is 0.454 e. The Bertz CT molecular complexity index is 1230. The minimum absolute atomic E-state index is 0.163. The second kappa shape index (κ2) is 7.21. The van der Waals surface area contributed by atoms with Crippen molar-refractivity contribution in [3.8, 4) is 0 Å². The SMILES string of the molecule is Cc1ccccc1NC(=O)COC(=O)CN1c2cccc3cccc(c23)S1(=O)=O. The molecule has 3 aromatic rings. The molecule has 3 aromatic carbocycles. The molecule has 1 aliphatic rings. The van der Waals surface area contributed by atoms with Crippen molar-refractivity contribution in [2.45, 2.75) is 11.8 Å². The number of nitrogens with one attached hydrogen (secondary N) is 1. The van der Waals surface area contributed by atoms with Gasteiger partial charge in [-0.05, 0) is 36.1 Å². The van der Waals surface area contributed by atoms with Crippen LogP contribution >= 0.6 is 0 Å². The van der Waals surface area contributed by atoms with Crippen LogP contribution in [0, 0.1) is 6.92 Å². The number of sulfonamides is 1. The van der Waals surface area contributed by atoms with Crippen molar-refractivity contribution in [3.05, 3.63) is 66.2 Å². The average molecular weight is 410 g/mol. The van der Waals surface area contributed by atoms with Crippen LogP contribution in [0.15, 0.2) is 65.6 Å². The van der Waals surface area contributed by atoms with Gasteiger partial charge in [0.05, 0.1) is 10.6 Å². The third kappa shape index (κ3) is 3.42. The smallest absolute Gasteiger partial charge is 0.327 e. The van der Waals surface area contributed by atoms with Crippen LogP contribution in [0.3, 0.4) is 0 Å². The van der Waals surface area contributed by atoms with Crippen LogP contribution in [0.1, 0.15) is 5.56 Å². The molecule has 0 unspecified atom stereocenters. The van der Waals surface area contributed by atoms with Gasteiger partial charge in [-0.15, -0.1) is 0 Å². The minimum Gasteiger partial charge on any atom is -0.454 e. The van der Waals surface area contributed by atoms with Crippen molar-refractivity contribution in [3.63, 3.8) is 0 Å². The van der Waals surface area contributed by atoms with Gasteiger partial charge >= 0.3 is 5.97 Å². The predicted octanol–water partition coefficient (Wildman–Crippen LogP) is 2.84. The van der Waals surface area contributed by atoms with Gasteiger partial charge in [0.1, 0.15) is 6.54 Å². The lowest BCUT2D eigenvalue weighted by Gasteiger charge is -2.17. The van der Waals surface area contributed by atoms with E-state index in [1.165, 1.54) is 6.07 Å². The fourth-order valence-electron chi connectivity index (χ4n) is 3.34. The van der Waals surface area contributed by atoms with E-state index in [9.17, 15) is 18.0 Å². The van der Waals surface area contributed by atoms with Crippen LogP contribution in [0.2, 0.25) is 0 Å². The lowest BCUT2D eigenvalue weighted by atomic mass is 10.1. The first-order valence-corrected chi connectivity index (χ1v) is 10.4. The first-order valence-electron chi connectivity index (χ1n) is 8.93. The Kier molecular flexibility index (Phi) is 4.71. The van der Waals surface area contributed by atoms with E-state index in [1.807, 2.05) is 31.2 Å². The zero-order chi connectivity index (χ0) is 20.6. The number of esters is 1. The number of anilines is 2. The van der Waals surface area contributed by atoms with Gasteiger partial charge in [-0.25, -0.2) is 8.42 Å². The summed E-state index contributed by atoms with van der Waals surface area (Å²) in [6.07, 6.45) is 0. The number of nitrogens with zero attached hydrogens (tertiary/aromatic N) is 1. The molecule has 148 valence electrons. The molecule has 8 heteroatoms. The summed E-state index contributed by atoms with van der Waals surface area (Å²) in [6, 6.07) is 17.4. The molecule has 0 fully saturated rings. The highest BCUT2D eigenvalue weighted by atomic mass is 32.2. The third-order valence-corrected chi connectivity index (χ3v) is 6.54. The number of carbonyl (C=O) groups excluding carboxylic acids is 2. The van der Waals surface area contributed by atoms with E-state index in [4.69, 9.17) is 4.74 Å². The molecule has 0 saturated heterocycles. The van der Waals surface area contributed by atoms with Crippen LogP contribution in [0.25, 0.3) is 10.8 Å². The maximum atomic E-state index is 12.9. The van der Waals surface area contributed by atoms with Crippen molar-refractivity contribution < 1.29 is 22.7 Å². The van der Waals surface area contributed by atoms with Gasteiger partial charge in [-0.3, -0.25) is 13.9 Å². The van der Waals surface area contributed by atoms with E-state index in [-0.39, 0.29) is 4.90 Å². The summed E-state index contributed by atoms with van der Waals surface area (Å²) in [6.45, 7) is 0.837. The van der Waals surface area contributed by atoms with E-state index in [2.05, 4.69) is 5.32 Å². The van der Waals surface area contributed by atoms with Crippen LogP contribution in [0.5, 0.6) is 0 Å². The summed E-state index contributed by atoms with van der Waals surface area (Å²) < 4.78 is 31.7. The summed E-state index contributed by atoms with van der Waals surface area (Å²) in [5.41, 5.74) is 1.93. The Balaban J connectivity index is 1.45. The lowest BCUT2D eigenvalue weighted by Crippen LogP contribution is -2.34. The Hall–Kier alpha value is -3.39. The van der Waals surface area contributed by atoms with Gasteiger partial charge < -0.3 is 10.1 Å². The number of para-hydroxylation sites is 1. The summed E-state index contributed by atoms with van der Waals surface area (Å²) >= 11 is 0. The molecule has 4 rings (SSSR count). The number of hydrogen-bond acceptors (Lipinski definition) is 5. The molecule has 0 radical (unpaired) electrons. The van der Waals surface area contributed by atoms with E-state index in [0.717, 1.165) is 15.3 Å². The summed E-state index contributed by atoms with van der Waals surface area (Å²) in [4.78, 5) is 24.5. The average Bonchev–Trinajstić information content (AvgIpc) is 2.92. The molecule has 1 N–H and O–H groups in total. The Labute approximate surface area is 167 Å². The van der Waals surface area contributed by atoms with Gasteiger partial charge in [0, 0.05) is 11.1 Å². The number of carbonyl (C=O) groups is 2. The second-order valence-electron chi connectivity index (χ2n) is 6.67. The Morgan fingerprint density at radius 2 is 1.72 bits per heavy atom. The molecule has 0 aliphatic carbocycles. The predicted molar refractivity (Wildman–Crippen MR) is 109 cm³/mol. The van der Waals surface area contributed by atoms with Crippen molar-refractivity contribution in [2.24, 2.45) is 0 Å². The molecule has 0 bridgehead atoms. The van der Waals surface area contributed by atoms with Gasteiger partial charge in [0.2, 0.25) is 0 Å². The van der Waals surface area contributed by atoms with E-state index in [0.29, 0.717) is 16.8 Å². The standard InChI is InChI=1S/C21H18N2O5S/c1-14-6-2-3-9-16(14)22-19(24)13-28-20(25)12-23-17-10-4-7-15-8-5-11-18(21(15)17)29(23,26)27/h2-11H,12-13H2,1H3,(H,22,24). The molecule has 0 saturated carbocycles. The molecule has 0 atom stereocenters. The molecule has 7 nitrogen and oxygen atoms in total. The number of hydrogen-bond donors (Lipinski definition) is 1. The van der Waals surface area contributed by atoms with Crippen LogP contribution in [0.4, 0.5) is 11.4 Å². The fourth-order valence-corrected chi connectivity index (χ4v) is 4.99. The van der Waals surface area contributed by atoms with E-state index < -0.39 is 35.1 Å². The van der Waals surface area contributed by atoms with Gasteiger partial charge in [-0.1, -0.05) is 42.5 Å². The number of amides is 1. The molecule has 0 spiro atoms. The minimum atomic E-state index is -3.85. The molecular formula is C21H18N2O5S. The van der Waals surface area contributed by atoms with Crippen molar-refractivity contribution in [2.75, 3.05) is 22.8 Å². The van der Waals surface area contributed by atoms with Crippen molar-refractivity contribution in [1.29, 1.82) is 0 Å². The van der Waals surface area contributed by atoms with Crippen LogP contribution in [-0.2, 0) is 24.3 Å². The Morgan fingerprint density at radius 3 is 2.48 bits per heavy atom. The normalized spacial score (nSPS) is 14.0. The van der Waals surface area contributed by atoms with Gasteiger partial charge in [-0.2, -0.15) is 0 Å². The molecule has 0 aromatic heterocycles. The zero-order valence-corrected chi connectivity index (χ0v) is 16.4. The van der Waals surface area contributed by atoms with Crippen LogP contribution in [-0.4, -0.2) is 33.4 Å². The first-order chi connectivity index (χ1) is 13.9. The number of aryl methyl sites for hydroxylation is 1. The summed E-state index contributed by atoms with van der Waals surface area (Å²) in [5, 5.41) is 4.02. The first kappa shape index (κ1) is 18.9. The highest BCUT2D eigenvalue weighted by Crippen LogP contribution is 2.41. The van der Waals surface area contributed by atoms with Gasteiger partial charge in [0.25, 0.3) is 15.9 Å². The van der Waals surface area contributed by atoms with Gasteiger partial charge in [0.15, 0.2) is 6.61 Å². The summed E-state index contributed by atoms with van der Waals surface area (Å²) in [5.74, 6) is -1.30. The monoisotopic (exact) mass is 410 g/mol. The summed E-state index contributed by atoms with van der Waals surface area (Å²) in [7, 11) is -3.85. The van der Waals surface area contributed by atoms with Crippen LogP contribution < -0.4 is 9.62 Å². The highest BCUT2D eigenvalue weighted by Gasteiger charge is 2.37. The zero-order valence-electron chi connectivity index (χ0n) is 15.6. The van der Waals surface area contributed by atoms with E-state index in [1.54, 1.807) is 30.3 Å². The molecule has 29 heavy (non-hydrogen) atoms. The lowest BCUT2D eigenvalue weighted by molar-refractivity contribution is -0.145. The van der Waals surface area contributed by atoms with Crippen molar-refractivity contribution in [1.82, 2.24) is 0 Å². The Morgan fingerprint density at radius 1 is 1.00 bits per heavy atom. The molecule has 1 aliphatic heterocycles. The molecular weight excluding hydrogens is 392 g/mol.